The summed E-state index contributed by atoms with van der Waals surface area (Å²) in [6.45, 7) is 0. The fraction of sp³-hybridized carbons (Fsp3) is 0.0952. The zero-order valence-corrected chi connectivity index (χ0v) is 18.4. The van der Waals surface area contributed by atoms with Gasteiger partial charge in [0.1, 0.15) is 11.4 Å². The monoisotopic (exact) mass is 507 g/mol. The van der Waals surface area contributed by atoms with E-state index < -0.39 is 23.6 Å². The highest BCUT2D eigenvalue weighted by atomic mass is 35.5. The molecule has 0 fully saturated rings. The number of anilines is 2. The van der Waals surface area contributed by atoms with Gasteiger partial charge >= 0.3 is 6.18 Å². The van der Waals surface area contributed by atoms with Crippen molar-refractivity contribution in [2.45, 2.75) is 6.18 Å². The summed E-state index contributed by atoms with van der Waals surface area (Å²) in [6.07, 6.45) is -1.02. The SMILES string of the molecule is COc1ncc(-c2cnc(Nc3ccc(F)c(Cl)c3)nc2-n2ccc(C(F)(F)F)n2)cc1C(N)=O. The molecule has 9 nitrogen and oxygen atoms in total. The van der Waals surface area contributed by atoms with Crippen molar-refractivity contribution in [1.82, 2.24) is 24.7 Å². The molecule has 3 heterocycles. The Morgan fingerprint density at radius 1 is 1.17 bits per heavy atom. The third-order valence-corrected chi connectivity index (χ3v) is 4.95. The van der Waals surface area contributed by atoms with Gasteiger partial charge in [0.25, 0.3) is 5.91 Å². The Kier molecular flexibility index (Phi) is 6.26. The van der Waals surface area contributed by atoms with Crippen LogP contribution in [0.1, 0.15) is 16.1 Å². The molecule has 0 saturated heterocycles. The summed E-state index contributed by atoms with van der Waals surface area (Å²) in [7, 11) is 1.30. The van der Waals surface area contributed by atoms with Gasteiger partial charge in [-0.1, -0.05) is 11.6 Å². The highest BCUT2D eigenvalue weighted by Crippen LogP contribution is 2.32. The molecular formula is C21H14ClF4N7O2. The fourth-order valence-electron chi connectivity index (χ4n) is 3.05. The molecule has 0 saturated carbocycles. The van der Waals surface area contributed by atoms with Crippen LogP contribution in [0.4, 0.5) is 29.2 Å². The quantitative estimate of drug-likeness (QED) is 0.371. The molecule has 0 bridgehead atoms. The van der Waals surface area contributed by atoms with Crippen LogP contribution in [0.5, 0.6) is 5.88 Å². The number of methoxy groups -OCH3 is 1. The summed E-state index contributed by atoms with van der Waals surface area (Å²) in [4.78, 5) is 24.3. The van der Waals surface area contributed by atoms with Crippen molar-refractivity contribution in [2.24, 2.45) is 5.73 Å². The number of primary amides is 1. The Morgan fingerprint density at radius 2 is 1.94 bits per heavy atom. The van der Waals surface area contributed by atoms with E-state index in [1.54, 1.807) is 0 Å². The van der Waals surface area contributed by atoms with Crippen molar-refractivity contribution < 1.29 is 27.1 Å². The second kappa shape index (κ2) is 9.18. The number of pyridine rings is 1. The lowest BCUT2D eigenvalue weighted by Gasteiger charge is -2.13. The van der Waals surface area contributed by atoms with E-state index in [0.717, 1.165) is 23.0 Å². The second-order valence-corrected chi connectivity index (χ2v) is 7.38. The summed E-state index contributed by atoms with van der Waals surface area (Å²) in [5.41, 5.74) is 4.95. The minimum atomic E-state index is -4.69. The Hall–Kier alpha value is -4.26. The predicted octanol–water partition coefficient (Wildman–Crippen LogP) is 4.39. The number of nitrogens with one attached hydrogen (secondary N) is 1. The number of hydrogen-bond donors (Lipinski definition) is 2. The van der Waals surface area contributed by atoms with Crippen molar-refractivity contribution >= 4 is 29.1 Å². The fourth-order valence-corrected chi connectivity index (χ4v) is 3.23. The van der Waals surface area contributed by atoms with E-state index in [1.165, 1.54) is 37.7 Å². The van der Waals surface area contributed by atoms with Crippen molar-refractivity contribution in [1.29, 1.82) is 0 Å². The number of alkyl halides is 3. The molecule has 3 aromatic heterocycles. The van der Waals surface area contributed by atoms with Crippen molar-refractivity contribution in [3.05, 3.63) is 71.0 Å². The van der Waals surface area contributed by atoms with Crippen LogP contribution in [0.2, 0.25) is 5.02 Å². The van der Waals surface area contributed by atoms with Crippen LogP contribution < -0.4 is 15.8 Å². The lowest BCUT2D eigenvalue weighted by atomic mass is 10.1. The van der Waals surface area contributed by atoms with Gasteiger partial charge in [0.05, 0.1) is 12.1 Å². The number of carbonyl (C=O) groups excluding carboxylic acids is 1. The van der Waals surface area contributed by atoms with Gasteiger partial charge in [-0.2, -0.15) is 23.3 Å². The molecule has 0 aliphatic heterocycles. The molecule has 4 rings (SSSR count). The zero-order chi connectivity index (χ0) is 25.3. The first-order valence-corrected chi connectivity index (χ1v) is 10.0. The van der Waals surface area contributed by atoms with Gasteiger partial charge in [0, 0.05) is 35.4 Å². The molecule has 0 radical (unpaired) electrons. The molecule has 0 aliphatic carbocycles. The summed E-state index contributed by atoms with van der Waals surface area (Å²) < 4.78 is 58.9. The summed E-state index contributed by atoms with van der Waals surface area (Å²) >= 11 is 5.79. The van der Waals surface area contributed by atoms with Gasteiger partial charge in [-0.3, -0.25) is 4.79 Å². The van der Waals surface area contributed by atoms with Gasteiger partial charge in [-0.25, -0.2) is 19.0 Å². The minimum absolute atomic E-state index is 0.0337. The molecule has 0 aliphatic rings. The van der Waals surface area contributed by atoms with Crippen LogP contribution in [0, 0.1) is 5.82 Å². The molecule has 35 heavy (non-hydrogen) atoms. The molecule has 0 atom stereocenters. The number of aromatic nitrogens is 5. The van der Waals surface area contributed by atoms with Crippen LogP contribution in [0.15, 0.2) is 48.9 Å². The van der Waals surface area contributed by atoms with E-state index in [1.807, 2.05) is 0 Å². The highest BCUT2D eigenvalue weighted by Gasteiger charge is 2.34. The Labute approximate surface area is 199 Å². The summed E-state index contributed by atoms with van der Waals surface area (Å²) in [5, 5.41) is 6.21. The van der Waals surface area contributed by atoms with Crippen LogP contribution in [-0.4, -0.2) is 37.7 Å². The third-order valence-electron chi connectivity index (χ3n) is 4.66. The largest absolute Gasteiger partial charge is 0.480 e. The average Bonchev–Trinajstić information content (AvgIpc) is 3.32. The summed E-state index contributed by atoms with van der Waals surface area (Å²) in [5.74, 6) is -1.62. The molecule has 1 amide bonds. The van der Waals surface area contributed by atoms with E-state index in [4.69, 9.17) is 22.1 Å². The number of hydrogen-bond acceptors (Lipinski definition) is 7. The first-order chi connectivity index (χ1) is 16.6. The molecule has 3 N–H and O–H groups in total. The Bertz CT molecular complexity index is 1430. The molecule has 4 aromatic rings. The van der Waals surface area contributed by atoms with E-state index in [-0.39, 0.29) is 39.4 Å². The number of halogens is 5. The molecule has 14 heteroatoms. The van der Waals surface area contributed by atoms with Crippen LogP contribution in [-0.2, 0) is 6.18 Å². The lowest BCUT2D eigenvalue weighted by molar-refractivity contribution is -0.141. The van der Waals surface area contributed by atoms with Gasteiger partial charge in [-0.15, -0.1) is 0 Å². The minimum Gasteiger partial charge on any atom is -0.480 e. The highest BCUT2D eigenvalue weighted by molar-refractivity contribution is 6.31. The number of carbonyl (C=O) groups is 1. The van der Waals surface area contributed by atoms with Crippen molar-refractivity contribution in [2.75, 3.05) is 12.4 Å². The predicted molar refractivity (Wildman–Crippen MR) is 117 cm³/mol. The lowest BCUT2D eigenvalue weighted by Crippen LogP contribution is -2.14. The van der Waals surface area contributed by atoms with Gasteiger partial charge in [-0.05, 0) is 30.3 Å². The van der Waals surface area contributed by atoms with E-state index in [9.17, 15) is 22.4 Å². The standard InChI is InChI=1S/C21H14ClF4N7O2/c1-35-19-12(17(27)34)6-10(8-28-19)13-9-29-20(30-11-2-3-15(23)14(22)7-11)31-18(13)33-5-4-16(32-33)21(24,25)26/h2-9H,1H3,(H2,27,34)(H,29,30,31). The zero-order valence-electron chi connectivity index (χ0n) is 17.6. The van der Waals surface area contributed by atoms with Crippen LogP contribution >= 0.6 is 11.6 Å². The topological polar surface area (TPSA) is 121 Å². The number of benzene rings is 1. The molecule has 0 unspecified atom stereocenters. The van der Waals surface area contributed by atoms with E-state index in [0.29, 0.717) is 5.69 Å². The van der Waals surface area contributed by atoms with Gasteiger partial charge < -0.3 is 15.8 Å². The average molecular weight is 508 g/mol. The maximum Gasteiger partial charge on any atom is 0.435 e. The van der Waals surface area contributed by atoms with Crippen molar-refractivity contribution in [3.8, 4) is 22.8 Å². The number of ether oxygens (including phenoxy) is 1. The first kappa shape index (κ1) is 23.9. The first-order valence-electron chi connectivity index (χ1n) is 9.63. The Balaban J connectivity index is 1.84. The maximum absolute atomic E-state index is 13.5. The number of nitrogens with two attached hydrogens (primary N) is 1. The van der Waals surface area contributed by atoms with Crippen LogP contribution in [0.3, 0.4) is 0 Å². The van der Waals surface area contributed by atoms with Gasteiger partial charge in [0.15, 0.2) is 11.5 Å². The molecule has 180 valence electrons. The van der Waals surface area contributed by atoms with Crippen molar-refractivity contribution in [3.63, 3.8) is 0 Å². The molecule has 1 aromatic carbocycles. The second-order valence-electron chi connectivity index (χ2n) is 6.97. The Morgan fingerprint density at radius 3 is 2.57 bits per heavy atom. The maximum atomic E-state index is 13.5. The van der Waals surface area contributed by atoms with E-state index in [2.05, 4.69) is 25.4 Å². The number of rotatable bonds is 6. The van der Waals surface area contributed by atoms with E-state index >= 15 is 0 Å². The third kappa shape index (κ3) is 4.99. The summed E-state index contributed by atoms with van der Waals surface area (Å²) in [6, 6.07) is 5.91. The number of amides is 1. The number of nitrogens with zero attached hydrogens (tertiary/aromatic N) is 5. The van der Waals surface area contributed by atoms with Crippen LogP contribution in [0.25, 0.3) is 16.9 Å². The smallest absolute Gasteiger partial charge is 0.435 e. The normalized spacial score (nSPS) is 11.4. The molecule has 0 spiro atoms. The van der Waals surface area contributed by atoms with Gasteiger partial charge in [0.2, 0.25) is 11.8 Å². The molecular weight excluding hydrogens is 494 g/mol.